The zero-order valence-electron chi connectivity index (χ0n) is 15.0. The van der Waals surface area contributed by atoms with E-state index >= 15 is 0 Å². The van der Waals surface area contributed by atoms with Gasteiger partial charge in [-0.05, 0) is 38.8 Å². The quantitative estimate of drug-likeness (QED) is 0.765. The summed E-state index contributed by atoms with van der Waals surface area (Å²) in [6.45, 7) is 9.44. The molecule has 4 rings (SSSR count). The molecular weight excluding hydrogens is 322 g/mol. The van der Waals surface area contributed by atoms with Gasteiger partial charge in [0.05, 0.1) is 25.9 Å². The molecule has 0 radical (unpaired) electrons. The number of likely N-dealkylation sites (tertiary alicyclic amines) is 1. The molecule has 0 aromatic carbocycles. The number of morpholine rings is 1. The van der Waals surface area contributed by atoms with Crippen LogP contribution in [-0.4, -0.2) is 97.2 Å². The predicted molar refractivity (Wildman–Crippen MR) is 98.4 cm³/mol. The predicted octanol–water partition coefficient (Wildman–Crippen LogP) is 1.69. The standard InChI is InChI=1S/C18H33N3O2S/c1-2-6-19(7-3-1)17-5-4-12-23-18(17,20-8-13-22-14-9-20)21-10-15-24-16-11-21/h17H,1-16H2. The average molecular weight is 356 g/mol. The third-order valence-corrected chi connectivity index (χ3v) is 7.07. The number of rotatable bonds is 3. The van der Waals surface area contributed by atoms with Crippen LogP contribution in [0.1, 0.15) is 32.1 Å². The van der Waals surface area contributed by atoms with E-state index in [0.717, 1.165) is 46.0 Å². The molecule has 0 saturated carbocycles. The SMILES string of the molecule is C1CCN(C2CCCOC2(N2CCOCC2)N2CCSCC2)CC1. The maximum atomic E-state index is 6.76. The lowest BCUT2D eigenvalue weighted by atomic mass is 9.94. The molecule has 138 valence electrons. The van der Waals surface area contributed by atoms with Crippen molar-refractivity contribution in [3.8, 4) is 0 Å². The summed E-state index contributed by atoms with van der Waals surface area (Å²) in [6.07, 6.45) is 6.59. The van der Waals surface area contributed by atoms with Gasteiger partial charge in [-0.1, -0.05) is 6.42 Å². The Balaban J connectivity index is 1.64. The highest BCUT2D eigenvalue weighted by Crippen LogP contribution is 2.38. The fourth-order valence-corrected chi connectivity index (χ4v) is 5.91. The van der Waals surface area contributed by atoms with Crippen LogP contribution < -0.4 is 0 Å². The van der Waals surface area contributed by atoms with Crippen molar-refractivity contribution < 1.29 is 9.47 Å². The van der Waals surface area contributed by atoms with E-state index in [1.165, 1.54) is 56.7 Å². The van der Waals surface area contributed by atoms with Crippen molar-refractivity contribution in [3.63, 3.8) is 0 Å². The van der Waals surface area contributed by atoms with E-state index in [1.54, 1.807) is 0 Å². The number of nitrogens with zero attached hydrogens (tertiary/aromatic N) is 3. The Morgan fingerprint density at radius 1 is 0.750 bits per heavy atom. The van der Waals surface area contributed by atoms with Gasteiger partial charge in [0.25, 0.3) is 0 Å². The maximum absolute atomic E-state index is 6.76. The zero-order chi connectivity index (χ0) is 16.2. The normalized spacial score (nSPS) is 38.2. The number of ether oxygens (including phenoxy) is 2. The van der Waals surface area contributed by atoms with Gasteiger partial charge in [0, 0.05) is 37.7 Å². The monoisotopic (exact) mass is 355 g/mol. The van der Waals surface area contributed by atoms with E-state index in [0.29, 0.717) is 6.04 Å². The second-order valence-electron chi connectivity index (χ2n) is 7.46. The lowest BCUT2D eigenvalue weighted by Crippen LogP contribution is -2.75. The summed E-state index contributed by atoms with van der Waals surface area (Å²) in [6, 6.07) is 0.521. The van der Waals surface area contributed by atoms with Gasteiger partial charge in [-0.25, -0.2) is 0 Å². The summed E-state index contributed by atoms with van der Waals surface area (Å²) in [5, 5.41) is 0. The van der Waals surface area contributed by atoms with Gasteiger partial charge in [0.15, 0.2) is 5.85 Å². The second kappa shape index (κ2) is 8.23. The molecule has 5 nitrogen and oxygen atoms in total. The van der Waals surface area contributed by atoms with Crippen LogP contribution >= 0.6 is 11.8 Å². The number of thioether (sulfide) groups is 1. The van der Waals surface area contributed by atoms with E-state index in [4.69, 9.17) is 9.47 Å². The highest BCUT2D eigenvalue weighted by molar-refractivity contribution is 7.99. The third kappa shape index (κ3) is 3.38. The summed E-state index contributed by atoms with van der Waals surface area (Å²) < 4.78 is 12.4. The Hall–Kier alpha value is 0.150. The van der Waals surface area contributed by atoms with Crippen molar-refractivity contribution >= 4 is 11.8 Å². The molecule has 4 aliphatic rings. The van der Waals surface area contributed by atoms with E-state index in [1.807, 2.05) is 0 Å². The highest BCUT2D eigenvalue weighted by atomic mass is 32.2. The van der Waals surface area contributed by atoms with Gasteiger partial charge in [-0.15, -0.1) is 0 Å². The molecule has 4 heterocycles. The van der Waals surface area contributed by atoms with E-state index in [-0.39, 0.29) is 5.85 Å². The summed E-state index contributed by atoms with van der Waals surface area (Å²) in [5.41, 5.74) is 0. The van der Waals surface area contributed by atoms with Crippen LogP contribution in [0.4, 0.5) is 0 Å². The van der Waals surface area contributed by atoms with Crippen LogP contribution in [0.5, 0.6) is 0 Å². The average Bonchev–Trinajstić information content (AvgIpc) is 2.70. The molecular formula is C18H33N3O2S. The molecule has 0 amide bonds. The molecule has 0 aliphatic carbocycles. The highest BCUT2D eigenvalue weighted by Gasteiger charge is 2.53. The van der Waals surface area contributed by atoms with Gasteiger partial charge in [-0.2, -0.15) is 11.8 Å². The van der Waals surface area contributed by atoms with Gasteiger partial charge in [-0.3, -0.25) is 14.7 Å². The molecule has 4 saturated heterocycles. The number of hydrogen-bond acceptors (Lipinski definition) is 6. The topological polar surface area (TPSA) is 28.2 Å². The van der Waals surface area contributed by atoms with Crippen molar-refractivity contribution in [2.24, 2.45) is 0 Å². The lowest BCUT2D eigenvalue weighted by molar-refractivity contribution is -0.305. The van der Waals surface area contributed by atoms with Gasteiger partial charge < -0.3 is 9.47 Å². The Kier molecular flexibility index (Phi) is 6.02. The molecule has 0 N–H and O–H groups in total. The molecule has 2 atom stereocenters. The van der Waals surface area contributed by atoms with Crippen molar-refractivity contribution in [2.75, 3.05) is 70.6 Å². The molecule has 6 heteroatoms. The zero-order valence-corrected chi connectivity index (χ0v) is 15.8. The molecule has 0 bridgehead atoms. The fourth-order valence-electron chi connectivity index (χ4n) is 5.01. The first-order chi connectivity index (χ1) is 11.9. The van der Waals surface area contributed by atoms with Gasteiger partial charge in [0.2, 0.25) is 0 Å². The molecule has 0 spiro atoms. The first kappa shape index (κ1) is 17.6. The van der Waals surface area contributed by atoms with E-state index in [9.17, 15) is 0 Å². The van der Waals surface area contributed by atoms with Crippen molar-refractivity contribution in [2.45, 2.75) is 44.0 Å². The summed E-state index contributed by atoms with van der Waals surface area (Å²) >= 11 is 2.09. The minimum Gasteiger partial charge on any atom is -0.379 e. The van der Waals surface area contributed by atoms with Gasteiger partial charge in [0.1, 0.15) is 0 Å². The molecule has 0 aromatic rings. The molecule has 4 aliphatic heterocycles. The largest absolute Gasteiger partial charge is 0.379 e. The summed E-state index contributed by atoms with van der Waals surface area (Å²) in [5.74, 6) is 2.27. The van der Waals surface area contributed by atoms with E-state index in [2.05, 4.69) is 26.5 Å². The maximum Gasteiger partial charge on any atom is 0.195 e. The van der Waals surface area contributed by atoms with Crippen molar-refractivity contribution in [3.05, 3.63) is 0 Å². The van der Waals surface area contributed by atoms with Crippen LogP contribution in [0.2, 0.25) is 0 Å². The van der Waals surface area contributed by atoms with Crippen molar-refractivity contribution in [1.82, 2.24) is 14.7 Å². The summed E-state index contributed by atoms with van der Waals surface area (Å²) in [7, 11) is 0. The fraction of sp³-hybridized carbons (Fsp3) is 1.00. The first-order valence-corrected chi connectivity index (χ1v) is 11.1. The minimum atomic E-state index is -0.208. The Morgan fingerprint density at radius 3 is 2.21 bits per heavy atom. The molecule has 0 aromatic heterocycles. The Morgan fingerprint density at radius 2 is 1.46 bits per heavy atom. The lowest BCUT2D eigenvalue weighted by Gasteiger charge is -2.59. The van der Waals surface area contributed by atoms with Crippen LogP contribution in [0.15, 0.2) is 0 Å². The molecule has 4 fully saturated rings. The smallest absolute Gasteiger partial charge is 0.195 e. The molecule has 2 unspecified atom stereocenters. The second-order valence-corrected chi connectivity index (χ2v) is 8.69. The van der Waals surface area contributed by atoms with Crippen LogP contribution in [-0.2, 0) is 9.47 Å². The number of hydrogen-bond donors (Lipinski definition) is 0. The van der Waals surface area contributed by atoms with Crippen LogP contribution in [0.25, 0.3) is 0 Å². The Bertz CT molecular complexity index is 376. The van der Waals surface area contributed by atoms with E-state index < -0.39 is 0 Å². The third-order valence-electron chi connectivity index (χ3n) is 6.13. The summed E-state index contributed by atoms with van der Waals surface area (Å²) in [4.78, 5) is 8.08. The van der Waals surface area contributed by atoms with Crippen LogP contribution in [0.3, 0.4) is 0 Å². The Labute approximate surface area is 151 Å². The molecule has 24 heavy (non-hydrogen) atoms. The number of piperidine rings is 1. The van der Waals surface area contributed by atoms with Crippen molar-refractivity contribution in [1.29, 1.82) is 0 Å². The van der Waals surface area contributed by atoms with Gasteiger partial charge >= 0.3 is 0 Å². The minimum absolute atomic E-state index is 0.208. The van der Waals surface area contributed by atoms with Crippen LogP contribution in [0, 0.1) is 0 Å². The first-order valence-electron chi connectivity index (χ1n) is 9.95.